The molecule has 0 saturated heterocycles. The third-order valence-electron chi connectivity index (χ3n) is 5.80. The number of pyridine rings is 1. The SMILES string of the molecule is Cc1ccc(C)c(-c2nn(-c3ccccc3)cc2C=c2sc3nc(-c4cccnc4)nn3c2=O)c1. The fraction of sp³-hybridized carbons (Fsp3) is 0.0741. The highest BCUT2D eigenvalue weighted by molar-refractivity contribution is 7.15. The van der Waals surface area contributed by atoms with Gasteiger partial charge in [0.05, 0.1) is 10.2 Å². The predicted molar refractivity (Wildman–Crippen MR) is 138 cm³/mol. The smallest absolute Gasteiger partial charge is 0.266 e. The number of hydrogen-bond acceptors (Lipinski definition) is 6. The highest BCUT2D eigenvalue weighted by atomic mass is 32.1. The van der Waals surface area contributed by atoms with Gasteiger partial charge in [-0.05, 0) is 55.8 Å². The van der Waals surface area contributed by atoms with Crippen LogP contribution in [0.25, 0.3) is 39.4 Å². The van der Waals surface area contributed by atoms with Crippen LogP contribution in [-0.2, 0) is 0 Å². The number of nitrogens with zero attached hydrogens (tertiary/aromatic N) is 6. The fourth-order valence-corrected chi connectivity index (χ4v) is 4.90. The largest absolute Gasteiger partial charge is 0.291 e. The lowest BCUT2D eigenvalue weighted by Crippen LogP contribution is -2.23. The average Bonchev–Trinajstić information content (AvgIpc) is 3.57. The molecule has 4 aromatic heterocycles. The first-order valence-electron chi connectivity index (χ1n) is 11.1. The zero-order valence-electron chi connectivity index (χ0n) is 19.1. The Kier molecular flexibility index (Phi) is 5.08. The molecule has 170 valence electrons. The van der Waals surface area contributed by atoms with Crippen molar-refractivity contribution in [2.45, 2.75) is 13.8 Å². The van der Waals surface area contributed by atoms with E-state index in [0.717, 1.165) is 39.2 Å². The summed E-state index contributed by atoms with van der Waals surface area (Å²) < 4.78 is 3.76. The van der Waals surface area contributed by atoms with Crippen LogP contribution in [0.15, 0.2) is 84.0 Å². The summed E-state index contributed by atoms with van der Waals surface area (Å²) >= 11 is 1.31. The predicted octanol–water partition coefficient (Wildman–Crippen LogP) is 4.23. The van der Waals surface area contributed by atoms with Crippen molar-refractivity contribution < 1.29 is 0 Å². The second kappa shape index (κ2) is 8.41. The van der Waals surface area contributed by atoms with Gasteiger partial charge < -0.3 is 0 Å². The molecule has 0 N–H and O–H groups in total. The molecule has 0 aliphatic rings. The van der Waals surface area contributed by atoms with Crippen LogP contribution in [0, 0.1) is 13.8 Å². The van der Waals surface area contributed by atoms with E-state index >= 15 is 0 Å². The van der Waals surface area contributed by atoms with Crippen molar-refractivity contribution in [3.8, 4) is 28.3 Å². The van der Waals surface area contributed by atoms with Gasteiger partial charge in [-0.3, -0.25) is 9.78 Å². The molecule has 0 amide bonds. The van der Waals surface area contributed by atoms with Gasteiger partial charge in [-0.2, -0.15) is 14.6 Å². The zero-order valence-corrected chi connectivity index (χ0v) is 19.9. The molecule has 0 spiro atoms. The van der Waals surface area contributed by atoms with Crippen LogP contribution in [0.4, 0.5) is 0 Å². The van der Waals surface area contributed by atoms with Crippen molar-refractivity contribution in [1.29, 1.82) is 0 Å². The van der Waals surface area contributed by atoms with Crippen molar-refractivity contribution in [3.63, 3.8) is 0 Å². The molecule has 0 radical (unpaired) electrons. The number of hydrogen-bond donors (Lipinski definition) is 0. The lowest BCUT2D eigenvalue weighted by Gasteiger charge is -2.05. The molecule has 0 aliphatic heterocycles. The lowest BCUT2D eigenvalue weighted by atomic mass is 10.0. The topological polar surface area (TPSA) is 78.0 Å². The van der Waals surface area contributed by atoms with Gasteiger partial charge in [0.25, 0.3) is 5.56 Å². The molecule has 0 unspecified atom stereocenters. The average molecular weight is 477 g/mol. The van der Waals surface area contributed by atoms with E-state index in [9.17, 15) is 4.79 Å². The minimum absolute atomic E-state index is 0.202. The minimum Gasteiger partial charge on any atom is -0.266 e. The fourth-order valence-electron chi connectivity index (χ4n) is 4.00. The Morgan fingerprint density at radius 1 is 0.971 bits per heavy atom. The van der Waals surface area contributed by atoms with Gasteiger partial charge in [0.2, 0.25) is 4.96 Å². The van der Waals surface area contributed by atoms with E-state index in [2.05, 4.69) is 47.1 Å². The Labute approximate surface area is 204 Å². The van der Waals surface area contributed by atoms with Gasteiger partial charge in [-0.1, -0.05) is 47.2 Å². The van der Waals surface area contributed by atoms with E-state index in [1.807, 2.05) is 59.4 Å². The van der Waals surface area contributed by atoms with E-state index in [-0.39, 0.29) is 5.56 Å². The molecule has 0 atom stereocenters. The van der Waals surface area contributed by atoms with Crippen LogP contribution >= 0.6 is 11.3 Å². The molecule has 0 aliphatic carbocycles. The summed E-state index contributed by atoms with van der Waals surface area (Å²) in [6, 6.07) is 20.0. The molecule has 8 heteroatoms. The second-order valence-electron chi connectivity index (χ2n) is 8.32. The summed E-state index contributed by atoms with van der Waals surface area (Å²) in [6.07, 6.45) is 7.22. The molecular formula is C27H20N6OS. The Morgan fingerprint density at radius 2 is 1.83 bits per heavy atom. The molecule has 6 rings (SSSR count). The Morgan fingerprint density at radius 3 is 2.60 bits per heavy atom. The number of aryl methyl sites for hydroxylation is 2. The summed E-state index contributed by atoms with van der Waals surface area (Å²) in [5, 5.41) is 9.34. The van der Waals surface area contributed by atoms with Crippen molar-refractivity contribution in [2.75, 3.05) is 0 Å². The van der Waals surface area contributed by atoms with Crippen LogP contribution in [0.5, 0.6) is 0 Å². The molecule has 6 aromatic rings. The Hall–Kier alpha value is -4.43. The maximum absolute atomic E-state index is 13.2. The van der Waals surface area contributed by atoms with E-state index < -0.39 is 0 Å². The Balaban J connectivity index is 1.52. The second-order valence-corrected chi connectivity index (χ2v) is 9.33. The summed E-state index contributed by atoms with van der Waals surface area (Å²) in [7, 11) is 0. The van der Waals surface area contributed by atoms with Gasteiger partial charge in [0.1, 0.15) is 5.69 Å². The van der Waals surface area contributed by atoms with Gasteiger partial charge >= 0.3 is 0 Å². The maximum Gasteiger partial charge on any atom is 0.291 e. The molecule has 0 fully saturated rings. The van der Waals surface area contributed by atoms with Crippen molar-refractivity contribution >= 4 is 22.4 Å². The van der Waals surface area contributed by atoms with Crippen LogP contribution < -0.4 is 10.1 Å². The Bertz CT molecular complexity index is 1780. The minimum atomic E-state index is -0.202. The lowest BCUT2D eigenvalue weighted by molar-refractivity contribution is 0.884. The van der Waals surface area contributed by atoms with Crippen molar-refractivity contribution in [2.24, 2.45) is 0 Å². The number of rotatable bonds is 4. The molecule has 4 heterocycles. The van der Waals surface area contributed by atoms with Crippen LogP contribution in [0.3, 0.4) is 0 Å². The van der Waals surface area contributed by atoms with E-state index in [0.29, 0.717) is 15.3 Å². The highest BCUT2D eigenvalue weighted by Gasteiger charge is 2.16. The number of fused-ring (bicyclic) bond motifs is 1. The third-order valence-corrected chi connectivity index (χ3v) is 6.76. The summed E-state index contributed by atoms with van der Waals surface area (Å²) in [6.45, 7) is 4.14. The van der Waals surface area contributed by atoms with E-state index in [1.54, 1.807) is 12.4 Å². The summed E-state index contributed by atoms with van der Waals surface area (Å²) in [5.74, 6) is 0.487. The number of para-hydroxylation sites is 1. The van der Waals surface area contributed by atoms with Gasteiger partial charge in [-0.25, -0.2) is 4.68 Å². The quantitative estimate of drug-likeness (QED) is 0.381. The number of thiazole rings is 1. The van der Waals surface area contributed by atoms with Gasteiger partial charge in [0.15, 0.2) is 5.82 Å². The highest BCUT2D eigenvalue weighted by Crippen LogP contribution is 2.28. The van der Waals surface area contributed by atoms with Gasteiger partial charge in [0, 0.05) is 35.3 Å². The first-order chi connectivity index (χ1) is 17.1. The molecular weight excluding hydrogens is 456 g/mol. The van der Waals surface area contributed by atoms with Crippen molar-refractivity contribution in [1.82, 2.24) is 29.4 Å². The van der Waals surface area contributed by atoms with Crippen LogP contribution in [-0.4, -0.2) is 29.4 Å². The maximum atomic E-state index is 13.2. The normalized spacial score (nSPS) is 12.0. The van der Waals surface area contributed by atoms with E-state index in [1.165, 1.54) is 15.9 Å². The van der Waals surface area contributed by atoms with Crippen LogP contribution in [0.1, 0.15) is 16.7 Å². The molecule has 2 aromatic carbocycles. The van der Waals surface area contributed by atoms with Gasteiger partial charge in [-0.15, -0.1) is 5.10 Å². The number of benzene rings is 2. The summed E-state index contributed by atoms with van der Waals surface area (Å²) in [5.41, 5.74) is 6.51. The van der Waals surface area contributed by atoms with Crippen molar-refractivity contribution in [3.05, 3.63) is 111 Å². The first-order valence-corrected chi connectivity index (χ1v) is 11.9. The zero-order chi connectivity index (χ0) is 23.9. The first kappa shape index (κ1) is 21.1. The third kappa shape index (κ3) is 3.83. The standard InChI is InChI=1S/C27H20N6OS/c1-17-10-11-18(2)22(13-17)24-20(16-32(30-24)21-8-4-3-5-9-21)14-23-26(34)33-27(35-23)29-25(31-33)19-7-6-12-28-15-19/h3-16H,1-2H3. The number of aromatic nitrogens is 6. The molecule has 7 nitrogen and oxygen atoms in total. The molecule has 35 heavy (non-hydrogen) atoms. The monoisotopic (exact) mass is 476 g/mol. The summed E-state index contributed by atoms with van der Waals surface area (Å²) in [4.78, 5) is 22.4. The molecule has 0 bridgehead atoms. The van der Waals surface area contributed by atoms with E-state index in [4.69, 9.17) is 5.10 Å². The van der Waals surface area contributed by atoms with Crippen LogP contribution in [0.2, 0.25) is 0 Å². The molecule has 0 saturated carbocycles.